The normalized spacial score (nSPS) is 28.0. The molecule has 6 heteroatoms. The van der Waals surface area contributed by atoms with Crippen LogP contribution in [0.25, 0.3) is 0 Å². The van der Waals surface area contributed by atoms with Crippen molar-refractivity contribution < 1.29 is 9.53 Å². The second kappa shape index (κ2) is 5.66. The maximum atomic E-state index is 12.2. The first-order chi connectivity index (χ1) is 10.7. The van der Waals surface area contributed by atoms with Crippen molar-refractivity contribution in [3.63, 3.8) is 0 Å². The molecule has 22 heavy (non-hydrogen) atoms. The molecule has 1 spiro atoms. The molecule has 120 valence electrons. The largest absolute Gasteiger partial charge is 0.370 e. The monoisotopic (exact) mass is 304 g/mol. The van der Waals surface area contributed by atoms with Crippen molar-refractivity contribution in [1.82, 2.24) is 19.6 Å². The summed E-state index contributed by atoms with van der Waals surface area (Å²) in [5.41, 5.74) is -0.0676. The highest BCUT2D eigenvalue weighted by Crippen LogP contribution is 2.37. The van der Waals surface area contributed by atoms with E-state index >= 15 is 0 Å². The summed E-state index contributed by atoms with van der Waals surface area (Å²) in [5, 5.41) is 4.09. The standard InChI is InChI=1S/C16H24N4O2/c21-15(10-20-8-4-5-17-20)19-12-16(13-19)9-14(11-22-16)18-6-2-1-3-7-18/h4-5,8,14H,1-3,6-7,9-13H2. The van der Waals surface area contributed by atoms with Crippen LogP contribution in [0.2, 0.25) is 0 Å². The van der Waals surface area contributed by atoms with Gasteiger partial charge in [0.05, 0.1) is 19.7 Å². The third kappa shape index (κ3) is 2.65. The minimum atomic E-state index is -0.0676. The Balaban J connectivity index is 1.28. The molecule has 1 amide bonds. The van der Waals surface area contributed by atoms with E-state index in [1.54, 1.807) is 10.9 Å². The lowest BCUT2D eigenvalue weighted by atomic mass is 9.88. The second-order valence-electron chi connectivity index (χ2n) is 6.90. The molecule has 0 saturated carbocycles. The van der Waals surface area contributed by atoms with Crippen LogP contribution in [-0.2, 0) is 16.1 Å². The Morgan fingerprint density at radius 3 is 2.82 bits per heavy atom. The Labute approximate surface area is 131 Å². The molecular formula is C16H24N4O2. The predicted octanol–water partition coefficient (Wildman–Crippen LogP) is 0.739. The van der Waals surface area contributed by atoms with Gasteiger partial charge in [0.1, 0.15) is 12.1 Å². The van der Waals surface area contributed by atoms with Crippen molar-refractivity contribution in [2.45, 2.75) is 43.9 Å². The third-order valence-electron chi connectivity index (χ3n) is 5.26. The molecule has 0 bridgehead atoms. The Morgan fingerprint density at radius 1 is 1.27 bits per heavy atom. The number of hydrogen-bond acceptors (Lipinski definition) is 4. The highest BCUT2D eigenvalue weighted by molar-refractivity contribution is 5.77. The van der Waals surface area contributed by atoms with Crippen LogP contribution in [0.1, 0.15) is 25.7 Å². The Kier molecular flexibility index (Phi) is 3.66. The zero-order valence-electron chi connectivity index (χ0n) is 13.0. The van der Waals surface area contributed by atoms with Crippen molar-refractivity contribution >= 4 is 5.91 Å². The minimum Gasteiger partial charge on any atom is -0.370 e. The number of hydrogen-bond donors (Lipinski definition) is 0. The summed E-state index contributed by atoms with van der Waals surface area (Å²) in [5.74, 6) is 0.138. The number of likely N-dealkylation sites (tertiary alicyclic amines) is 2. The summed E-state index contributed by atoms with van der Waals surface area (Å²) in [4.78, 5) is 16.7. The summed E-state index contributed by atoms with van der Waals surface area (Å²) >= 11 is 0. The van der Waals surface area contributed by atoms with E-state index in [9.17, 15) is 4.79 Å². The van der Waals surface area contributed by atoms with Crippen LogP contribution in [0.4, 0.5) is 0 Å². The van der Waals surface area contributed by atoms with Gasteiger partial charge in [-0.2, -0.15) is 5.10 Å². The summed E-state index contributed by atoms with van der Waals surface area (Å²) in [6, 6.07) is 2.40. The zero-order chi connectivity index (χ0) is 15.0. The number of aromatic nitrogens is 2. The van der Waals surface area contributed by atoms with Crippen molar-refractivity contribution in [3.8, 4) is 0 Å². The van der Waals surface area contributed by atoms with Crippen LogP contribution in [0.3, 0.4) is 0 Å². The molecule has 1 aromatic heterocycles. The quantitative estimate of drug-likeness (QED) is 0.826. The highest BCUT2D eigenvalue weighted by Gasteiger charge is 2.52. The van der Waals surface area contributed by atoms with E-state index in [1.807, 2.05) is 17.2 Å². The summed E-state index contributed by atoms with van der Waals surface area (Å²) in [7, 11) is 0. The molecular weight excluding hydrogens is 280 g/mol. The van der Waals surface area contributed by atoms with Gasteiger partial charge in [0.2, 0.25) is 5.91 Å². The average molecular weight is 304 g/mol. The minimum absolute atomic E-state index is 0.0676. The molecule has 6 nitrogen and oxygen atoms in total. The van der Waals surface area contributed by atoms with Crippen LogP contribution in [0, 0.1) is 0 Å². The number of ether oxygens (including phenoxy) is 1. The van der Waals surface area contributed by atoms with Crippen LogP contribution >= 0.6 is 0 Å². The van der Waals surface area contributed by atoms with Gasteiger partial charge >= 0.3 is 0 Å². The van der Waals surface area contributed by atoms with Crippen LogP contribution in [0.5, 0.6) is 0 Å². The molecule has 0 radical (unpaired) electrons. The lowest BCUT2D eigenvalue weighted by Crippen LogP contribution is -2.64. The number of rotatable bonds is 3. The molecule has 1 atom stereocenters. The van der Waals surface area contributed by atoms with E-state index in [0.29, 0.717) is 12.6 Å². The van der Waals surface area contributed by atoms with E-state index in [1.165, 1.54) is 32.4 Å². The first-order valence-corrected chi connectivity index (χ1v) is 8.37. The summed E-state index contributed by atoms with van der Waals surface area (Å²) in [6.07, 6.45) is 8.61. The number of amides is 1. The lowest BCUT2D eigenvalue weighted by molar-refractivity contribution is -0.158. The van der Waals surface area contributed by atoms with Crippen LogP contribution < -0.4 is 0 Å². The van der Waals surface area contributed by atoms with Gasteiger partial charge in [-0.1, -0.05) is 6.42 Å². The first kappa shape index (κ1) is 14.2. The third-order valence-corrected chi connectivity index (χ3v) is 5.26. The van der Waals surface area contributed by atoms with Crippen molar-refractivity contribution in [2.24, 2.45) is 0 Å². The predicted molar refractivity (Wildman–Crippen MR) is 81.3 cm³/mol. The maximum absolute atomic E-state index is 12.2. The van der Waals surface area contributed by atoms with E-state index in [4.69, 9.17) is 4.74 Å². The molecule has 0 N–H and O–H groups in total. The van der Waals surface area contributed by atoms with Gasteiger partial charge < -0.3 is 9.64 Å². The van der Waals surface area contributed by atoms with Crippen molar-refractivity contribution in [2.75, 3.05) is 32.8 Å². The fourth-order valence-electron chi connectivity index (χ4n) is 4.02. The van der Waals surface area contributed by atoms with Crippen molar-refractivity contribution in [3.05, 3.63) is 18.5 Å². The van der Waals surface area contributed by atoms with Crippen molar-refractivity contribution in [1.29, 1.82) is 0 Å². The fourth-order valence-corrected chi connectivity index (χ4v) is 4.02. The van der Waals surface area contributed by atoms with Crippen LogP contribution in [-0.4, -0.2) is 69.9 Å². The van der Waals surface area contributed by atoms with Gasteiger partial charge in [0.15, 0.2) is 0 Å². The van der Waals surface area contributed by atoms with E-state index in [-0.39, 0.29) is 11.5 Å². The van der Waals surface area contributed by atoms with E-state index < -0.39 is 0 Å². The molecule has 4 heterocycles. The summed E-state index contributed by atoms with van der Waals surface area (Å²) in [6.45, 7) is 5.09. The average Bonchev–Trinajstić information content (AvgIpc) is 3.15. The number of carbonyl (C=O) groups excluding carboxylic acids is 1. The molecule has 3 saturated heterocycles. The molecule has 1 unspecified atom stereocenters. The van der Waals surface area contributed by atoms with Gasteiger partial charge in [0.25, 0.3) is 0 Å². The fraction of sp³-hybridized carbons (Fsp3) is 0.750. The van der Waals surface area contributed by atoms with Gasteiger partial charge in [0, 0.05) is 18.4 Å². The topological polar surface area (TPSA) is 50.6 Å². The van der Waals surface area contributed by atoms with Gasteiger partial charge in [-0.25, -0.2) is 0 Å². The Morgan fingerprint density at radius 2 is 2.09 bits per heavy atom. The van der Waals surface area contributed by atoms with Crippen LogP contribution in [0.15, 0.2) is 18.5 Å². The molecule has 0 aliphatic carbocycles. The molecule has 3 aliphatic rings. The maximum Gasteiger partial charge on any atom is 0.244 e. The molecule has 4 rings (SSSR count). The smallest absolute Gasteiger partial charge is 0.244 e. The Bertz CT molecular complexity index is 518. The van der Waals surface area contributed by atoms with Gasteiger partial charge in [-0.3, -0.25) is 14.4 Å². The highest BCUT2D eigenvalue weighted by atomic mass is 16.5. The zero-order valence-corrected chi connectivity index (χ0v) is 13.0. The molecule has 3 fully saturated rings. The van der Waals surface area contributed by atoms with E-state index in [2.05, 4.69) is 10.00 Å². The molecule has 3 aliphatic heterocycles. The number of piperidine rings is 1. The lowest BCUT2D eigenvalue weighted by Gasteiger charge is -2.47. The van der Waals surface area contributed by atoms with Gasteiger partial charge in [-0.15, -0.1) is 0 Å². The second-order valence-corrected chi connectivity index (χ2v) is 6.90. The number of nitrogens with zero attached hydrogens (tertiary/aromatic N) is 4. The summed E-state index contributed by atoms with van der Waals surface area (Å²) < 4.78 is 7.78. The van der Waals surface area contributed by atoms with E-state index in [0.717, 1.165) is 26.1 Å². The molecule has 1 aromatic rings. The first-order valence-electron chi connectivity index (χ1n) is 8.37. The van der Waals surface area contributed by atoms with Gasteiger partial charge in [-0.05, 0) is 38.4 Å². The SMILES string of the molecule is O=C(Cn1cccn1)N1CC2(CC(N3CCCCC3)CO2)C1. The number of carbonyl (C=O) groups is 1. The molecule has 0 aromatic carbocycles. The Hall–Kier alpha value is -1.40.